The number of fused-ring (bicyclic) bond motifs is 8. The van der Waals surface area contributed by atoms with Crippen LogP contribution >= 0.6 is 0 Å². The Morgan fingerprint density at radius 3 is 2.27 bits per heavy atom. The van der Waals surface area contributed by atoms with Crippen molar-refractivity contribution in [2.75, 3.05) is 0 Å². The van der Waals surface area contributed by atoms with E-state index in [4.69, 9.17) is 14.4 Å². The molecule has 0 amide bonds. The summed E-state index contributed by atoms with van der Waals surface area (Å²) in [5.74, 6) is 1.40. The van der Waals surface area contributed by atoms with Gasteiger partial charge in [0.1, 0.15) is 5.58 Å². The van der Waals surface area contributed by atoms with Crippen LogP contribution in [0.15, 0.2) is 126 Å². The average Bonchev–Trinajstić information content (AvgIpc) is 3.54. The van der Waals surface area contributed by atoms with Gasteiger partial charge in [0.25, 0.3) is 0 Å². The Morgan fingerprint density at radius 2 is 1.35 bits per heavy atom. The molecule has 0 saturated heterocycles. The van der Waals surface area contributed by atoms with Gasteiger partial charge in [0.05, 0.1) is 21.9 Å². The lowest BCUT2D eigenvalue weighted by Crippen LogP contribution is -2.02. The van der Waals surface area contributed by atoms with Gasteiger partial charge < -0.3 is 4.42 Å². The van der Waals surface area contributed by atoms with Crippen molar-refractivity contribution in [3.8, 4) is 17.2 Å². The van der Waals surface area contributed by atoms with Crippen molar-refractivity contribution in [3.63, 3.8) is 0 Å². The van der Waals surface area contributed by atoms with Crippen LogP contribution in [0, 0.1) is 0 Å². The molecule has 9 aromatic rings. The Morgan fingerprint density at radius 1 is 0.575 bits per heavy atom. The maximum atomic E-state index is 6.36. The molecule has 5 aromatic carbocycles. The van der Waals surface area contributed by atoms with Gasteiger partial charge in [0.2, 0.25) is 5.71 Å². The standard InChI is InChI=1S/C35H20N4O/c1-2-9-23-20-30-27(18-22(23)8-1)25-11-3-5-13-29(25)39(30)34-32-26-12-4-6-14-31(26)40-35(32)38-33(37-34)24-16-15-21-10-7-17-36-28(21)19-24/h1-20H. The first-order valence-corrected chi connectivity index (χ1v) is 13.3. The molecule has 4 aromatic heterocycles. The number of para-hydroxylation sites is 2. The molecule has 0 aliphatic carbocycles. The molecule has 0 spiro atoms. The van der Waals surface area contributed by atoms with Crippen LogP contribution in [-0.2, 0) is 0 Å². The number of furan rings is 1. The lowest BCUT2D eigenvalue weighted by Gasteiger charge is -2.11. The minimum Gasteiger partial charge on any atom is -0.437 e. The summed E-state index contributed by atoms with van der Waals surface area (Å²) in [4.78, 5) is 14.8. The van der Waals surface area contributed by atoms with Crippen LogP contribution in [0.1, 0.15) is 0 Å². The Balaban J connectivity index is 1.45. The number of aromatic nitrogens is 4. The average molecular weight is 513 g/mol. The molecule has 0 aliphatic rings. The number of hydrogen-bond acceptors (Lipinski definition) is 4. The topological polar surface area (TPSA) is 56.7 Å². The highest BCUT2D eigenvalue weighted by Crippen LogP contribution is 2.39. The number of rotatable bonds is 2. The molecule has 0 unspecified atom stereocenters. The molecule has 5 nitrogen and oxygen atoms in total. The molecule has 40 heavy (non-hydrogen) atoms. The summed E-state index contributed by atoms with van der Waals surface area (Å²) in [6.45, 7) is 0. The number of nitrogens with zero attached hydrogens (tertiary/aromatic N) is 4. The Kier molecular flexibility index (Phi) is 4.27. The molecule has 0 radical (unpaired) electrons. The summed E-state index contributed by atoms with van der Waals surface area (Å²) in [5.41, 5.74) is 5.32. The third-order valence-corrected chi connectivity index (χ3v) is 7.84. The SMILES string of the molecule is c1ccc2cc3c(cc2c1)c1ccccc1n3-c1nc(-c2ccc3cccnc3c2)nc2oc3ccccc3c12. The van der Waals surface area contributed by atoms with E-state index in [9.17, 15) is 0 Å². The molecule has 186 valence electrons. The smallest absolute Gasteiger partial charge is 0.233 e. The van der Waals surface area contributed by atoms with E-state index < -0.39 is 0 Å². The molecule has 0 bridgehead atoms. The summed E-state index contributed by atoms with van der Waals surface area (Å²) in [7, 11) is 0. The normalized spacial score (nSPS) is 12.0. The maximum Gasteiger partial charge on any atom is 0.233 e. The van der Waals surface area contributed by atoms with Crippen LogP contribution < -0.4 is 0 Å². The highest BCUT2D eigenvalue weighted by molar-refractivity contribution is 6.16. The first-order chi connectivity index (χ1) is 19.8. The minimum absolute atomic E-state index is 0.564. The first kappa shape index (κ1) is 21.4. The van der Waals surface area contributed by atoms with Crippen molar-refractivity contribution in [1.82, 2.24) is 19.5 Å². The molecule has 4 heterocycles. The molecule has 0 N–H and O–H groups in total. The number of benzene rings is 5. The molecule has 0 aliphatic heterocycles. The Bertz CT molecular complexity index is 2450. The summed E-state index contributed by atoms with van der Waals surface area (Å²) in [5, 5.41) is 7.72. The van der Waals surface area contributed by atoms with Gasteiger partial charge in [-0.05, 0) is 47.2 Å². The van der Waals surface area contributed by atoms with Crippen LogP contribution in [0.2, 0.25) is 0 Å². The van der Waals surface area contributed by atoms with E-state index in [1.807, 2.05) is 36.5 Å². The van der Waals surface area contributed by atoms with Crippen molar-refractivity contribution in [2.24, 2.45) is 0 Å². The van der Waals surface area contributed by atoms with Crippen LogP contribution in [0.3, 0.4) is 0 Å². The van der Waals surface area contributed by atoms with Crippen LogP contribution in [0.4, 0.5) is 0 Å². The highest BCUT2D eigenvalue weighted by Gasteiger charge is 2.22. The van der Waals surface area contributed by atoms with Gasteiger partial charge in [-0.1, -0.05) is 78.9 Å². The van der Waals surface area contributed by atoms with E-state index in [1.54, 1.807) is 0 Å². The fraction of sp³-hybridized carbons (Fsp3) is 0. The highest BCUT2D eigenvalue weighted by atomic mass is 16.3. The van der Waals surface area contributed by atoms with Crippen molar-refractivity contribution in [3.05, 3.63) is 121 Å². The summed E-state index contributed by atoms with van der Waals surface area (Å²) >= 11 is 0. The molecular weight excluding hydrogens is 492 g/mol. The molecule has 0 saturated carbocycles. The van der Waals surface area contributed by atoms with Gasteiger partial charge in [0.15, 0.2) is 11.6 Å². The number of pyridine rings is 1. The Hall–Kier alpha value is -5.55. The number of hydrogen-bond donors (Lipinski definition) is 0. The summed E-state index contributed by atoms with van der Waals surface area (Å²) < 4.78 is 8.62. The zero-order valence-electron chi connectivity index (χ0n) is 21.2. The van der Waals surface area contributed by atoms with Gasteiger partial charge in [-0.2, -0.15) is 4.98 Å². The first-order valence-electron chi connectivity index (χ1n) is 13.3. The van der Waals surface area contributed by atoms with E-state index >= 15 is 0 Å². The maximum absolute atomic E-state index is 6.36. The van der Waals surface area contributed by atoms with Crippen LogP contribution in [0.5, 0.6) is 0 Å². The minimum atomic E-state index is 0.564. The van der Waals surface area contributed by atoms with Gasteiger partial charge in [-0.15, -0.1) is 0 Å². The fourth-order valence-corrected chi connectivity index (χ4v) is 5.98. The monoisotopic (exact) mass is 512 g/mol. The van der Waals surface area contributed by atoms with Gasteiger partial charge in [-0.3, -0.25) is 9.55 Å². The van der Waals surface area contributed by atoms with Gasteiger partial charge in [-0.25, -0.2) is 4.98 Å². The van der Waals surface area contributed by atoms with Crippen molar-refractivity contribution in [1.29, 1.82) is 0 Å². The Labute approximate surface area is 228 Å². The molecular formula is C35H20N4O. The lowest BCUT2D eigenvalue weighted by molar-refractivity contribution is 0.653. The van der Waals surface area contributed by atoms with Gasteiger partial charge >= 0.3 is 0 Å². The second-order valence-electron chi connectivity index (χ2n) is 10.1. The molecule has 0 fully saturated rings. The zero-order valence-corrected chi connectivity index (χ0v) is 21.2. The van der Waals surface area contributed by atoms with Crippen molar-refractivity contribution >= 4 is 65.6 Å². The van der Waals surface area contributed by atoms with Crippen molar-refractivity contribution in [2.45, 2.75) is 0 Å². The fourth-order valence-electron chi connectivity index (χ4n) is 5.98. The third-order valence-electron chi connectivity index (χ3n) is 7.84. The molecule has 9 rings (SSSR count). The predicted molar refractivity (Wildman–Crippen MR) is 162 cm³/mol. The lowest BCUT2D eigenvalue weighted by atomic mass is 10.1. The largest absolute Gasteiger partial charge is 0.437 e. The quantitative estimate of drug-likeness (QED) is 0.232. The van der Waals surface area contributed by atoms with E-state index in [1.165, 1.54) is 21.5 Å². The van der Waals surface area contributed by atoms with E-state index in [0.29, 0.717) is 11.5 Å². The van der Waals surface area contributed by atoms with Crippen LogP contribution in [-0.4, -0.2) is 19.5 Å². The van der Waals surface area contributed by atoms with Crippen molar-refractivity contribution < 1.29 is 4.42 Å². The summed E-state index contributed by atoms with van der Waals surface area (Å²) in [6.07, 6.45) is 1.81. The third kappa shape index (κ3) is 3.00. The predicted octanol–water partition coefficient (Wildman–Crippen LogP) is 8.84. The zero-order chi connectivity index (χ0) is 26.2. The second-order valence-corrected chi connectivity index (χ2v) is 10.1. The second kappa shape index (κ2) is 7.98. The summed E-state index contributed by atoms with van der Waals surface area (Å²) in [6, 6.07) is 39.8. The van der Waals surface area contributed by atoms with Crippen LogP contribution in [0.25, 0.3) is 82.8 Å². The molecule has 5 heteroatoms. The van der Waals surface area contributed by atoms with E-state index in [-0.39, 0.29) is 0 Å². The van der Waals surface area contributed by atoms with Gasteiger partial charge in [0, 0.05) is 33.3 Å². The van der Waals surface area contributed by atoms with E-state index in [2.05, 4.69) is 94.5 Å². The molecule has 0 atom stereocenters. The van der Waals surface area contributed by atoms with E-state index in [0.717, 1.165) is 49.7 Å².